The van der Waals surface area contributed by atoms with Gasteiger partial charge in [-0.1, -0.05) is 36.4 Å². The standard InChI is InChI=1S/C20H18N2O3/c1-22(20(24)18-10-13-6-2-5-9-17(13)25-18)12-14-11-19(23)21-16-8-4-3-7-15(14)16/h2-9,11,18H,10,12H2,1H3,(H,21,23). The molecule has 1 aliphatic heterocycles. The number of aromatic amines is 1. The highest BCUT2D eigenvalue weighted by molar-refractivity contribution is 5.84. The lowest BCUT2D eigenvalue weighted by Crippen LogP contribution is -2.38. The van der Waals surface area contributed by atoms with Crippen molar-refractivity contribution < 1.29 is 9.53 Å². The van der Waals surface area contributed by atoms with Crippen molar-refractivity contribution in [3.63, 3.8) is 0 Å². The van der Waals surface area contributed by atoms with E-state index in [1.165, 1.54) is 0 Å². The molecule has 0 bridgehead atoms. The van der Waals surface area contributed by atoms with Crippen molar-refractivity contribution >= 4 is 16.8 Å². The first kappa shape index (κ1) is 15.4. The predicted octanol–water partition coefficient (Wildman–Crippen LogP) is 2.49. The minimum Gasteiger partial charge on any atom is -0.480 e. The summed E-state index contributed by atoms with van der Waals surface area (Å²) in [6.07, 6.45) is 0.0748. The third-order valence-electron chi connectivity index (χ3n) is 4.54. The Morgan fingerprint density at radius 2 is 1.96 bits per heavy atom. The summed E-state index contributed by atoms with van der Waals surface area (Å²) in [5, 5.41) is 0.942. The zero-order valence-corrected chi connectivity index (χ0v) is 13.9. The lowest BCUT2D eigenvalue weighted by atomic mass is 10.1. The van der Waals surface area contributed by atoms with Gasteiger partial charge in [-0.25, -0.2) is 0 Å². The molecule has 0 saturated carbocycles. The summed E-state index contributed by atoms with van der Waals surface area (Å²) in [6.45, 7) is 0.361. The first-order valence-electron chi connectivity index (χ1n) is 8.22. The molecule has 126 valence electrons. The van der Waals surface area contributed by atoms with Crippen LogP contribution in [0.25, 0.3) is 10.9 Å². The monoisotopic (exact) mass is 334 g/mol. The number of aromatic nitrogens is 1. The smallest absolute Gasteiger partial charge is 0.264 e. The third kappa shape index (κ3) is 2.89. The van der Waals surface area contributed by atoms with Crippen molar-refractivity contribution in [2.24, 2.45) is 0 Å². The average Bonchev–Trinajstić information content (AvgIpc) is 3.05. The van der Waals surface area contributed by atoms with E-state index in [0.717, 1.165) is 27.8 Å². The molecule has 0 saturated heterocycles. The molecule has 1 aliphatic rings. The Hall–Kier alpha value is -3.08. The van der Waals surface area contributed by atoms with Crippen LogP contribution in [-0.2, 0) is 17.8 Å². The Balaban J connectivity index is 1.56. The summed E-state index contributed by atoms with van der Waals surface area (Å²) in [5.41, 5.74) is 2.48. The van der Waals surface area contributed by atoms with Crippen LogP contribution in [0.1, 0.15) is 11.1 Å². The van der Waals surface area contributed by atoms with Crippen LogP contribution in [0.4, 0.5) is 0 Å². The molecule has 0 spiro atoms. The van der Waals surface area contributed by atoms with Crippen LogP contribution in [0, 0.1) is 0 Å². The summed E-state index contributed by atoms with van der Waals surface area (Å²) in [5.74, 6) is 0.691. The van der Waals surface area contributed by atoms with Crippen molar-refractivity contribution in [2.45, 2.75) is 19.1 Å². The largest absolute Gasteiger partial charge is 0.480 e. The maximum absolute atomic E-state index is 12.8. The number of carbonyl (C=O) groups is 1. The number of nitrogens with one attached hydrogen (secondary N) is 1. The minimum absolute atomic E-state index is 0.0828. The van der Waals surface area contributed by atoms with E-state index in [2.05, 4.69) is 4.98 Å². The van der Waals surface area contributed by atoms with Crippen molar-refractivity contribution in [1.82, 2.24) is 9.88 Å². The summed E-state index contributed by atoms with van der Waals surface area (Å²) in [6, 6.07) is 16.9. The summed E-state index contributed by atoms with van der Waals surface area (Å²) in [7, 11) is 1.74. The van der Waals surface area contributed by atoms with Crippen LogP contribution < -0.4 is 10.3 Å². The van der Waals surface area contributed by atoms with Crippen molar-refractivity contribution in [3.05, 3.63) is 76.1 Å². The summed E-state index contributed by atoms with van der Waals surface area (Å²) >= 11 is 0. The van der Waals surface area contributed by atoms with E-state index in [9.17, 15) is 9.59 Å². The van der Waals surface area contributed by atoms with E-state index >= 15 is 0 Å². The third-order valence-corrected chi connectivity index (χ3v) is 4.54. The molecule has 3 aromatic rings. The summed E-state index contributed by atoms with van der Waals surface area (Å²) < 4.78 is 5.78. The van der Waals surface area contributed by atoms with Crippen molar-refractivity contribution in [3.8, 4) is 5.75 Å². The van der Waals surface area contributed by atoms with Gasteiger partial charge in [0.25, 0.3) is 5.91 Å². The number of H-pyrrole nitrogens is 1. The van der Waals surface area contributed by atoms with E-state index in [4.69, 9.17) is 4.74 Å². The molecule has 5 heteroatoms. The Kier molecular flexibility index (Phi) is 3.76. The van der Waals surface area contributed by atoms with Crippen molar-refractivity contribution in [2.75, 3.05) is 7.05 Å². The van der Waals surface area contributed by atoms with E-state index in [1.54, 1.807) is 18.0 Å². The number of pyridine rings is 1. The average molecular weight is 334 g/mol. The van der Waals surface area contributed by atoms with Gasteiger partial charge in [0.2, 0.25) is 5.56 Å². The lowest BCUT2D eigenvalue weighted by molar-refractivity contribution is -0.137. The van der Waals surface area contributed by atoms with Gasteiger partial charge in [0.15, 0.2) is 6.10 Å². The Morgan fingerprint density at radius 1 is 1.20 bits per heavy atom. The van der Waals surface area contributed by atoms with E-state index in [1.807, 2.05) is 48.5 Å². The fraction of sp³-hybridized carbons (Fsp3) is 0.200. The molecule has 0 aliphatic carbocycles. The van der Waals surface area contributed by atoms with Crippen LogP contribution in [0.3, 0.4) is 0 Å². The number of nitrogens with zero attached hydrogens (tertiary/aromatic N) is 1. The number of fused-ring (bicyclic) bond motifs is 2. The molecule has 1 N–H and O–H groups in total. The van der Waals surface area contributed by atoms with Crippen LogP contribution >= 0.6 is 0 Å². The topological polar surface area (TPSA) is 62.4 Å². The maximum Gasteiger partial charge on any atom is 0.264 e. The first-order valence-corrected chi connectivity index (χ1v) is 8.22. The number of likely N-dealkylation sites (N-methyl/N-ethyl adjacent to an activating group) is 1. The molecule has 25 heavy (non-hydrogen) atoms. The van der Waals surface area contributed by atoms with Gasteiger partial charge in [0, 0.05) is 37.0 Å². The van der Waals surface area contributed by atoms with E-state index in [-0.39, 0.29) is 11.5 Å². The van der Waals surface area contributed by atoms with Crippen LogP contribution in [0.15, 0.2) is 59.4 Å². The predicted molar refractivity (Wildman–Crippen MR) is 95.6 cm³/mol. The number of rotatable bonds is 3. The second kappa shape index (κ2) is 6.09. The first-order chi connectivity index (χ1) is 12.1. The van der Waals surface area contributed by atoms with Crippen LogP contribution in [0.2, 0.25) is 0 Å². The second-order valence-electron chi connectivity index (χ2n) is 6.32. The molecule has 2 aromatic carbocycles. The molecule has 5 nitrogen and oxygen atoms in total. The zero-order valence-electron chi connectivity index (χ0n) is 13.9. The molecule has 4 rings (SSSR count). The number of ether oxygens (including phenoxy) is 1. The molecule has 0 fully saturated rings. The maximum atomic E-state index is 12.8. The highest BCUT2D eigenvalue weighted by Gasteiger charge is 2.31. The quantitative estimate of drug-likeness (QED) is 0.800. The highest BCUT2D eigenvalue weighted by atomic mass is 16.5. The number of benzene rings is 2. The minimum atomic E-state index is -0.504. The normalized spacial score (nSPS) is 15.6. The molecule has 1 aromatic heterocycles. The van der Waals surface area contributed by atoms with Gasteiger partial charge in [-0.3, -0.25) is 9.59 Å². The molecule has 1 atom stereocenters. The Morgan fingerprint density at radius 3 is 2.80 bits per heavy atom. The zero-order chi connectivity index (χ0) is 17.4. The molecule has 1 amide bonds. The number of para-hydroxylation sites is 2. The van der Waals surface area contributed by atoms with E-state index < -0.39 is 6.10 Å². The fourth-order valence-corrected chi connectivity index (χ4v) is 3.31. The SMILES string of the molecule is CN(Cc1cc(=O)[nH]c2ccccc12)C(=O)C1Cc2ccccc2O1. The summed E-state index contributed by atoms with van der Waals surface area (Å²) in [4.78, 5) is 29.1. The lowest BCUT2D eigenvalue weighted by Gasteiger charge is -2.21. The van der Waals surface area contributed by atoms with E-state index in [0.29, 0.717) is 13.0 Å². The van der Waals surface area contributed by atoms with Gasteiger partial charge in [0.1, 0.15) is 5.75 Å². The fourth-order valence-electron chi connectivity index (χ4n) is 3.31. The Labute approximate surface area is 144 Å². The van der Waals surface area contributed by atoms with Gasteiger partial charge in [0.05, 0.1) is 0 Å². The van der Waals surface area contributed by atoms with Gasteiger partial charge >= 0.3 is 0 Å². The van der Waals surface area contributed by atoms with Crippen LogP contribution in [-0.4, -0.2) is 28.9 Å². The van der Waals surface area contributed by atoms with Gasteiger partial charge in [-0.05, 0) is 23.3 Å². The number of hydrogen-bond donors (Lipinski definition) is 1. The molecule has 2 heterocycles. The molecule has 0 radical (unpaired) electrons. The number of hydrogen-bond acceptors (Lipinski definition) is 3. The van der Waals surface area contributed by atoms with Gasteiger partial charge < -0.3 is 14.6 Å². The highest BCUT2D eigenvalue weighted by Crippen LogP contribution is 2.29. The van der Waals surface area contributed by atoms with Crippen LogP contribution in [0.5, 0.6) is 5.75 Å². The second-order valence-corrected chi connectivity index (χ2v) is 6.32. The molecular formula is C20H18N2O3. The van der Waals surface area contributed by atoms with Crippen molar-refractivity contribution in [1.29, 1.82) is 0 Å². The molecule has 1 unspecified atom stereocenters. The van der Waals surface area contributed by atoms with Gasteiger partial charge in [-0.15, -0.1) is 0 Å². The molecular weight excluding hydrogens is 316 g/mol. The Bertz CT molecular complexity index is 984. The number of carbonyl (C=O) groups excluding carboxylic acids is 1. The number of amides is 1. The van der Waals surface area contributed by atoms with Gasteiger partial charge in [-0.2, -0.15) is 0 Å².